The molecule has 6 heteroatoms. The lowest BCUT2D eigenvalue weighted by molar-refractivity contribution is 0.269. The highest BCUT2D eigenvalue weighted by molar-refractivity contribution is 6.30. The van der Waals surface area contributed by atoms with E-state index in [1.165, 1.54) is 4.80 Å². The molecule has 5 nitrogen and oxygen atoms in total. The summed E-state index contributed by atoms with van der Waals surface area (Å²) >= 11 is 5.82. The van der Waals surface area contributed by atoms with Crippen molar-refractivity contribution < 1.29 is 4.74 Å². The van der Waals surface area contributed by atoms with Gasteiger partial charge in [-0.05, 0) is 48.6 Å². The molecule has 0 bridgehead atoms. The molecular weight excluding hydrogens is 264 g/mol. The summed E-state index contributed by atoms with van der Waals surface area (Å²) in [6, 6.07) is 7.21. The van der Waals surface area contributed by atoms with Gasteiger partial charge in [-0.15, -0.1) is 15.0 Å². The summed E-state index contributed by atoms with van der Waals surface area (Å²) in [5, 5.41) is 12.8. The van der Waals surface area contributed by atoms with Crippen LogP contribution in [0.3, 0.4) is 0 Å². The predicted molar refractivity (Wildman–Crippen MR) is 74.0 cm³/mol. The van der Waals surface area contributed by atoms with Crippen molar-refractivity contribution in [3.05, 3.63) is 53.5 Å². The van der Waals surface area contributed by atoms with E-state index in [1.807, 2.05) is 19.1 Å². The average Bonchev–Trinajstić information content (AvgIpc) is 2.88. The van der Waals surface area contributed by atoms with Gasteiger partial charge in [0, 0.05) is 5.02 Å². The van der Waals surface area contributed by atoms with Gasteiger partial charge in [0.05, 0.1) is 18.6 Å². The first-order chi connectivity index (χ1) is 9.29. The third-order valence-electron chi connectivity index (χ3n) is 2.18. The maximum atomic E-state index is 5.82. The van der Waals surface area contributed by atoms with E-state index in [4.69, 9.17) is 16.3 Å². The van der Waals surface area contributed by atoms with E-state index in [0.717, 1.165) is 5.69 Å². The van der Waals surface area contributed by atoms with E-state index < -0.39 is 0 Å². The van der Waals surface area contributed by atoms with Gasteiger partial charge in [0.1, 0.15) is 0 Å². The Labute approximate surface area is 116 Å². The molecule has 0 aliphatic carbocycles. The SMILES string of the molecule is CCO/C=C/C=C\c1nnn(-c2ccc(Cl)cc2)n1. The van der Waals surface area contributed by atoms with Crippen LogP contribution in [0.15, 0.2) is 42.7 Å². The molecule has 0 N–H and O–H groups in total. The number of halogens is 1. The van der Waals surface area contributed by atoms with E-state index in [2.05, 4.69) is 15.4 Å². The summed E-state index contributed by atoms with van der Waals surface area (Å²) in [5.41, 5.74) is 0.807. The minimum Gasteiger partial charge on any atom is -0.501 e. The molecule has 1 heterocycles. The van der Waals surface area contributed by atoms with Crippen molar-refractivity contribution in [3.63, 3.8) is 0 Å². The van der Waals surface area contributed by atoms with Gasteiger partial charge in [0.25, 0.3) is 0 Å². The lowest BCUT2D eigenvalue weighted by Gasteiger charge is -1.96. The number of benzene rings is 1. The fourth-order valence-corrected chi connectivity index (χ4v) is 1.44. The number of nitrogens with zero attached hydrogens (tertiary/aromatic N) is 4. The number of hydrogen-bond donors (Lipinski definition) is 0. The van der Waals surface area contributed by atoms with Crippen LogP contribution in [0.1, 0.15) is 12.7 Å². The Bertz CT molecular complexity index is 575. The zero-order valence-corrected chi connectivity index (χ0v) is 11.2. The fourth-order valence-electron chi connectivity index (χ4n) is 1.31. The van der Waals surface area contributed by atoms with E-state index in [9.17, 15) is 0 Å². The molecule has 2 aromatic rings. The molecule has 0 amide bonds. The Morgan fingerprint density at radius 2 is 2.05 bits per heavy atom. The molecule has 0 unspecified atom stereocenters. The Morgan fingerprint density at radius 3 is 2.79 bits per heavy atom. The van der Waals surface area contributed by atoms with Crippen LogP contribution in [0.4, 0.5) is 0 Å². The van der Waals surface area contributed by atoms with Gasteiger partial charge in [0.15, 0.2) is 5.82 Å². The highest BCUT2D eigenvalue weighted by Crippen LogP contribution is 2.11. The molecule has 0 atom stereocenters. The molecular formula is C13H13ClN4O. The molecule has 0 saturated heterocycles. The average molecular weight is 277 g/mol. The monoisotopic (exact) mass is 276 g/mol. The summed E-state index contributed by atoms with van der Waals surface area (Å²) in [7, 11) is 0. The van der Waals surface area contributed by atoms with Crippen molar-refractivity contribution in [2.75, 3.05) is 6.61 Å². The summed E-state index contributed by atoms with van der Waals surface area (Å²) < 4.78 is 5.05. The Hall–Kier alpha value is -2.14. The lowest BCUT2D eigenvalue weighted by atomic mass is 10.3. The fraction of sp³-hybridized carbons (Fsp3) is 0.154. The molecule has 1 aromatic heterocycles. The Balaban J connectivity index is 2.04. The van der Waals surface area contributed by atoms with Crippen LogP contribution in [-0.4, -0.2) is 26.8 Å². The van der Waals surface area contributed by atoms with E-state index in [-0.39, 0.29) is 0 Å². The smallest absolute Gasteiger partial charge is 0.198 e. The Kier molecular flexibility index (Phi) is 4.69. The summed E-state index contributed by atoms with van der Waals surface area (Å²) in [4.78, 5) is 1.45. The van der Waals surface area contributed by atoms with Gasteiger partial charge in [-0.3, -0.25) is 0 Å². The highest BCUT2D eigenvalue weighted by Gasteiger charge is 2.01. The first-order valence-electron chi connectivity index (χ1n) is 5.80. The number of ether oxygens (including phenoxy) is 1. The maximum Gasteiger partial charge on any atom is 0.198 e. The number of aromatic nitrogens is 4. The third kappa shape index (κ3) is 3.93. The van der Waals surface area contributed by atoms with E-state index in [1.54, 1.807) is 36.6 Å². The first kappa shape index (κ1) is 13.3. The maximum absolute atomic E-state index is 5.82. The molecule has 0 fully saturated rings. The van der Waals surface area contributed by atoms with Crippen LogP contribution in [-0.2, 0) is 4.74 Å². The highest BCUT2D eigenvalue weighted by atomic mass is 35.5. The van der Waals surface area contributed by atoms with Crippen LogP contribution < -0.4 is 0 Å². The Morgan fingerprint density at radius 1 is 1.26 bits per heavy atom. The molecule has 2 rings (SSSR count). The van der Waals surface area contributed by atoms with Gasteiger partial charge in [-0.1, -0.05) is 17.7 Å². The quantitative estimate of drug-likeness (QED) is 0.622. The van der Waals surface area contributed by atoms with Gasteiger partial charge >= 0.3 is 0 Å². The summed E-state index contributed by atoms with van der Waals surface area (Å²) in [6.07, 6.45) is 6.92. The van der Waals surface area contributed by atoms with Crippen LogP contribution in [0, 0.1) is 0 Å². The zero-order valence-electron chi connectivity index (χ0n) is 10.4. The topological polar surface area (TPSA) is 52.8 Å². The van der Waals surface area contributed by atoms with E-state index in [0.29, 0.717) is 17.5 Å². The molecule has 98 valence electrons. The molecule has 1 aromatic carbocycles. The molecule has 0 aliphatic rings. The van der Waals surface area contributed by atoms with Crippen molar-refractivity contribution in [3.8, 4) is 5.69 Å². The van der Waals surface area contributed by atoms with Crippen molar-refractivity contribution in [2.45, 2.75) is 6.92 Å². The number of hydrogen-bond acceptors (Lipinski definition) is 4. The first-order valence-corrected chi connectivity index (χ1v) is 6.18. The van der Waals surface area contributed by atoms with Gasteiger partial charge in [0.2, 0.25) is 0 Å². The summed E-state index contributed by atoms with van der Waals surface area (Å²) in [6.45, 7) is 2.57. The van der Waals surface area contributed by atoms with Crippen molar-refractivity contribution in [1.29, 1.82) is 0 Å². The van der Waals surface area contributed by atoms with Crippen LogP contribution in [0.25, 0.3) is 11.8 Å². The molecule has 0 saturated carbocycles. The number of allylic oxidation sites excluding steroid dienone is 2. The van der Waals surface area contributed by atoms with Gasteiger partial charge in [-0.2, -0.15) is 0 Å². The van der Waals surface area contributed by atoms with Gasteiger partial charge < -0.3 is 4.74 Å². The second-order valence-electron chi connectivity index (χ2n) is 3.56. The molecule has 19 heavy (non-hydrogen) atoms. The molecule has 0 aliphatic heterocycles. The van der Waals surface area contributed by atoms with Crippen molar-refractivity contribution in [2.24, 2.45) is 0 Å². The lowest BCUT2D eigenvalue weighted by Crippen LogP contribution is -1.98. The van der Waals surface area contributed by atoms with E-state index >= 15 is 0 Å². The molecule has 0 spiro atoms. The van der Waals surface area contributed by atoms with Crippen LogP contribution in [0.2, 0.25) is 5.02 Å². The van der Waals surface area contributed by atoms with Crippen LogP contribution in [0.5, 0.6) is 0 Å². The largest absolute Gasteiger partial charge is 0.501 e. The third-order valence-corrected chi connectivity index (χ3v) is 2.44. The second kappa shape index (κ2) is 6.70. The van der Waals surface area contributed by atoms with Gasteiger partial charge in [-0.25, -0.2) is 0 Å². The number of rotatable bonds is 5. The zero-order chi connectivity index (χ0) is 13.5. The standard InChI is InChI=1S/C13H13ClN4O/c1-2-19-10-4-3-5-13-15-17-18(16-13)12-8-6-11(14)7-9-12/h3-10H,2H2,1H3/b5-3-,10-4+. The normalized spacial score (nSPS) is 11.5. The van der Waals surface area contributed by atoms with Crippen molar-refractivity contribution >= 4 is 17.7 Å². The minimum absolute atomic E-state index is 0.524. The van der Waals surface area contributed by atoms with Crippen LogP contribution >= 0.6 is 11.6 Å². The van der Waals surface area contributed by atoms with Crippen molar-refractivity contribution in [1.82, 2.24) is 20.2 Å². The minimum atomic E-state index is 0.524. The summed E-state index contributed by atoms with van der Waals surface area (Å²) in [5.74, 6) is 0.524. The number of tetrazole rings is 1. The molecule has 0 radical (unpaired) electrons. The second-order valence-corrected chi connectivity index (χ2v) is 3.99. The predicted octanol–water partition coefficient (Wildman–Crippen LogP) is 2.88.